The second-order valence-corrected chi connectivity index (χ2v) is 8.26. The number of oxazole rings is 1. The van der Waals surface area contributed by atoms with Crippen LogP contribution in [0, 0.1) is 0 Å². The van der Waals surface area contributed by atoms with Crippen molar-refractivity contribution in [3.63, 3.8) is 0 Å². The summed E-state index contributed by atoms with van der Waals surface area (Å²) in [5.41, 5.74) is 2.87. The number of aryl methyl sites for hydroxylation is 1. The quantitative estimate of drug-likeness (QED) is 0.461. The Labute approximate surface area is 179 Å². The zero-order chi connectivity index (χ0) is 21.4. The SMILES string of the molecule is CN1CCC(c2nc(C(=O)Cc3cc4cc(-c5cn(C)nn5)ccc4cn3)co2)CC1. The van der Waals surface area contributed by atoms with Gasteiger partial charge in [0.1, 0.15) is 17.7 Å². The van der Waals surface area contributed by atoms with Gasteiger partial charge >= 0.3 is 0 Å². The van der Waals surface area contributed by atoms with Crippen molar-refractivity contribution in [2.75, 3.05) is 20.1 Å². The summed E-state index contributed by atoms with van der Waals surface area (Å²) in [4.78, 5) is 24.1. The molecular weight excluding hydrogens is 392 g/mol. The minimum absolute atomic E-state index is 0.0835. The van der Waals surface area contributed by atoms with E-state index in [0.29, 0.717) is 17.3 Å². The summed E-state index contributed by atoms with van der Waals surface area (Å²) in [5.74, 6) is 0.882. The molecule has 1 fully saturated rings. The number of ketones is 1. The fraction of sp³-hybridized carbons (Fsp3) is 0.348. The van der Waals surface area contributed by atoms with Crippen molar-refractivity contribution in [3.05, 3.63) is 60.2 Å². The van der Waals surface area contributed by atoms with Gasteiger partial charge in [-0.2, -0.15) is 0 Å². The Hall–Kier alpha value is -3.39. The Bertz CT molecular complexity index is 1240. The van der Waals surface area contributed by atoms with Gasteiger partial charge in [0.25, 0.3) is 0 Å². The molecule has 5 rings (SSSR count). The lowest BCUT2D eigenvalue weighted by Crippen LogP contribution is -2.29. The van der Waals surface area contributed by atoms with E-state index in [1.807, 2.05) is 37.5 Å². The Morgan fingerprint density at radius 1 is 1.16 bits per heavy atom. The van der Waals surface area contributed by atoms with E-state index < -0.39 is 0 Å². The third kappa shape index (κ3) is 4.11. The summed E-state index contributed by atoms with van der Waals surface area (Å²) >= 11 is 0. The van der Waals surface area contributed by atoms with E-state index in [4.69, 9.17) is 4.42 Å². The molecule has 4 aromatic rings. The monoisotopic (exact) mass is 416 g/mol. The molecule has 158 valence electrons. The third-order valence-electron chi connectivity index (χ3n) is 5.89. The molecule has 0 amide bonds. The number of hydrogen-bond acceptors (Lipinski definition) is 7. The van der Waals surface area contributed by atoms with Crippen LogP contribution in [0.25, 0.3) is 22.0 Å². The largest absolute Gasteiger partial charge is 0.448 e. The Balaban J connectivity index is 1.33. The van der Waals surface area contributed by atoms with Crippen molar-refractivity contribution in [2.24, 2.45) is 7.05 Å². The van der Waals surface area contributed by atoms with Gasteiger partial charge in [-0.15, -0.1) is 5.10 Å². The predicted molar refractivity (Wildman–Crippen MR) is 116 cm³/mol. The Morgan fingerprint density at radius 3 is 2.77 bits per heavy atom. The number of carbonyl (C=O) groups excluding carboxylic acids is 1. The van der Waals surface area contributed by atoms with E-state index in [-0.39, 0.29) is 18.1 Å². The highest BCUT2D eigenvalue weighted by Crippen LogP contribution is 2.27. The van der Waals surface area contributed by atoms with Crippen LogP contribution in [0.3, 0.4) is 0 Å². The number of fused-ring (bicyclic) bond motifs is 1. The molecule has 0 atom stereocenters. The summed E-state index contributed by atoms with van der Waals surface area (Å²) in [6.45, 7) is 2.04. The smallest absolute Gasteiger partial charge is 0.197 e. The average molecular weight is 416 g/mol. The zero-order valence-electron chi connectivity index (χ0n) is 17.7. The van der Waals surface area contributed by atoms with Gasteiger partial charge in [0.15, 0.2) is 11.7 Å². The van der Waals surface area contributed by atoms with Gasteiger partial charge in [-0.1, -0.05) is 17.3 Å². The Morgan fingerprint density at radius 2 is 2.00 bits per heavy atom. The van der Waals surface area contributed by atoms with Crippen LogP contribution in [0.1, 0.15) is 40.8 Å². The number of pyridine rings is 1. The number of nitrogens with zero attached hydrogens (tertiary/aromatic N) is 6. The highest BCUT2D eigenvalue weighted by molar-refractivity contribution is 5.96. The molecule has 8 nitrogen and oxygen atoms in total. The molecule has 1 aromatic carbocycles. The molecule has 0 spiro atoms. The van der Waals surface area contributed by atoms with Crippen LogP contribution >= 0.6 is 0 Å². The summed E-state index contributed by atoms with van der Waals surface area (Å²) in [5, 5.41) is 10.2. The maximum absolute atomic E-state index is 12.8. The number of Topliss-reactive ketones (excluding diaryl/α,β-unsaturated/α-hetero) is 1. The number of aromatic nitrogens is 5. The molecule has 1 aliphatic rings. The van der Waals surface area contributed by atoms with Crippen molar-refractivity contribution in [1.29, 1.82) is 0 Å². The molecule has 0 aliphatic carbocycles. The van der Waals surface area contributed by atoms with Crippen molar-refractivity contribution in [3.8, 4) is 11.3 Å². The molecule has 1 saturated heterocycles. The summed E-state index contributed by atoms with van der Waals surface area (Å²) in [6.07, 6.45) is 7.36. The summed E-state index contributed by atoms with van der Waals surface area (Å²) in [6, 6.07) is 8.00. The average Bonchev–Trinajstić information content (AvgIpc) is 3.43. The first kappa shape index (κ1) is 19.6. The number of carbonyl (C=O) groups is 1. The van der Waals surface area contributed by atoms with Crippen molar-refractivity contribution >= 4 is 16.6 Å². The molecule has 0 saturated carbocycles. The molecule has 31 heavy (non-hydrogen) atoms. The minimum atomic E-state index is -0.0835. The first-order chi connectivity index (χ1) is 15.0. The topological polar surface area (TPSA) is 89.9 Å². The van der Waals surface area contributed by atoms with E-state index in [9.17, 15) is 4.79 Å². The molecule has 0 bridgehead atoms. The first-order valence-corrected chi connectivity index (χ1v) is 10.5. The van der Waals surface area contributed by atoms with Gasteiger partial charge in [-0.3, -0.25) is 14.5 Å². The fourth-order valence-corrected chi connectivity index (χ4v) is 4.04. The lowest BCUT2D eigenvalue weighted by Gasteiger charge is -2.26. The van der Waals surface area contributed by atoms with Crippen LogP contribution in [0.15, 0.2) is 47.3 Å². The van der Waals surface area contributed by atoms with E-state index in [0.717, 1.165) is 48.0 Å². The lowest BCUT2D eigenvalue weighted by molar-refractivity contribution is 0.0987. The summed E-state index contributed by atoms with van der Waals surface area (Å²) < 4.78 is 7.32. The van der Waals surface area contributed by atoms with Gasteiger partial charge < -0.3 is 9.32 Å². The standard InChI is InChI=1S/C23H24N6O2/c1-28-7-5-15(6-8-28)23-25-21(14-31-23)22(30)11-19-10-18-9-16(3-4-17(18)12-24-19)20-13-29(2)27-26-20/h3-4,9-10,12-15H,5-8,11H2,1-2H3. The van der Waals surface area contributed by atoms with Gasteiger partial charge in [0, 0.05) is 35.8 Å². The molecule has 3 aromatic heterocycles. The number of benzene rings is 1. The van der Waals surface area contributed by atoms with Crippen molar-refractivity contribution in [2.45, 2.75) is 25.2 Å². The third-order valence-corrected chi connectivity index (χ3v) is 5.89. The van der Waals surface area contributed by atoms with Crippen LogP contribution in [0.2, 0.25) is 0 Å². The van der Waals surface area contributed by atoms with Gasteiger partial charge in [-0.05, 0) is 50.5 Å². The minimum Gasteiger partial charge on any atom is -0.448 e. The zero-order valence-corrected chi connectivity index (χ0v) is 17.7. The highest BCUT2D eigenvalue weighted by atomic mass is 16.3. The van der Waals surface area contributed by atoms with E-state index in [1.165, 1.54) is 6.26 Å². The number of hydrogen-bond donors (Lipinski definition) is 0. The van der Waals surface area contributed by atoms with Crippen molar-refractivity contribution < 1.29 is 9.21 Å². The molecule has 4 heterocycles. The maximum atomic E-state index is 12.8. The molecule has 0 unspecified atom stereocenters. The number of piperidine rings is 1. The van der Waals surface area contributed by atoms with E-state index in [1.54, 1.807) is 10.9 Å². The molecule has 0 radical (unpaired) electrons. The van der Waals surface area contributed by atoms with E-state index >= 15 is 0 Å². The highest BCUT2D eigenvalue weighted by Gasteiger charge is 2.24. The van der Waals surface area contributed by atoms with Gasteiger partial charge in [-0.25, -0.2) is 4.98 Å². The first-order valence-electron chi connectivity index (χ1n) is 10.5. The molecule has 8 heteroatoms. The number of rotatable bonds is 5. The van der Waals surface area contributed by atoms with Gasteiger partial charge in [0.05, 0.1) is 12.6 Å². The van der Waals surface area contributed by atoms with Gasteiger partial charge in [0.2, 0.25) is 0 Å². The van der Waals surface area contributed by atoms with E-state index in [2.05, 4.69) is 32.2 Å². The Kier molecular flexibility index (Phi) is 5.07. The molecule has 0 N–H and O–H groups in total. The molecular formula is C23H24N6O2. The normalized spacial score (nSPS) is 15.5. The number of likely N-dealkylation sites (tertiary alicyclic amines) is 1. The second kappa shape index (κ2) is 8.03. The van der Waals surface area contributed by atoms with Crippen molar-refractivity contribution in [1.82, 2.24) is 29.9 Å². The predicted octanol–water partition coefficient (Wildman–Crippen LogP) is 3.25. The second-order valence-electron chi connectivity index (χ2n) is 8.26. The molecule has 1 aliphatic heterocycles. The fourth-order valence-electron chi connectivity index (χ4n) is 4.04. The van der Waals surface area contributed by atoms with Crippen LogP contribution in [0.4, 0.5) is 0 Å². The summed E-state index contributed by atoms with van der Waals surface area (Å²) in [7, 11) is 3.96. The van der Waals surface area contributed by atoms with Crippen LogP contribution in [0.5, 0.6) is 0 Å². The lowest BCUT2D eigenvalue weighted by atomic mass is 9.97. The maximum Gasteiger partial charge on any atom is 0.197 e. The van der Waals surface area contributed by atoms with Crippen LogP contribution in [-0.4, -0.2) is 55.8 Å². The van der Waals surface area contributed by atoms with Crippen LogP contribution in [-0.2, 0) is 13.5 Å². The van der Waals surface area contributed by atoms with Crippen LogP contribution < -0.4 is 0 Å².